The number of methoxy groups -OCH3 is 1. The fraction of sp³-hybridized carbons (Fsp3) is 0.167. The van der Waals surface area contributed by atoms with Crippen LogP contribution in [0.25, 0.3) is 0 Å². The van der Waals surface area contributed by atoms with Crippen LogP contribution in [0.3, 0.4) is 0 Å². The van der Waals surface area contributed by atoms with E-state index in [0.717, 1.165) is 0 Å². The van der Waals surface area contributed by atoms with Gasteiger partial charge in [-0.1, -0.05) is 0 Å². The Kier molecular flexibility index (Phi) is 3.94. The summed E-state index contributed by atoms with van der Waals surface area (Å²) in [4.78, 5) is 21.8. The Morgan fingerprint density at radius 1 is 1.45 bits per heavy atom. The lowest BCUT2D eigenvalue weighted by Gasteiger charge is -2.08. The molecule has 1 N–H and O–H groups in total. The number of non-ortho nitro benzene ring substituents is 1. The fourth-order valence-electron chi connectivity index (χ4n) is 1.58. The zero-order chi connectivity index (χ0) is 14.5. The zero-order valence-corrected chi connectivity index (χ0v) is 10.5. The maximum atomic E-state index is 11.6. The molecule has 0 atom stereocenters. The molecule has 0 unspecified atom stereocenters. The number of nitrogens with one attached hydrogen (secondary N) is 1. The molecule has 8 heteroatoms. The van der Waals surface area contributed by atoms with Crippen LogP contribution in [0.4, 0.5) is 5.69 Å². The van der Waals surface area contributed by atoms with E-state index in [1.54, 1.807) is 0 Å². The summed E-state index contributed by atoms with van der Waals surface area (Å²) >= 11 is 0. The molecule has 0 saturated heterocycles. The van der Waals surface area contributed by atoms with Crippen molar-refractivity contribution in [1.82, 2.24) is 10.2 Å². The second-order valence-electron chi connectivity index (χ2n) is 3.80. The fourth-order valence-corrected chi connectivity index (χ4v) is 1.58. The van der Waals surface area contributed by atoms with Crippen molar-refractivity contribution >= 4 is 11.7 Å². The zero-order valence-electron chi connectivity index (χ0n) is 10.5. The van der Waals surface area contributed by atoms with Crippen LogP contribution in [0.5, 0.6) is 5.75 Å². The highest BCUT2D eigenvalue weighted by Gasteiger charge is 2.14. The number of hydrogen-bond acceptors (Lipinski definition) is 6. The molecule has 8 nitrogen and oxygen atoms in total. The third kappa shape index (κ3) is 2.91. The maximum Gasteiger partial charge on any atom is 0.356 e. The summed E-state index contributed by atoms with van der Waals surface area (Å²) in [6.45, 7) is -0.136. The third-order valence-corrected chi connectivity index (χ3v) is 2.55. The smallest absolute Gasteiger partial charge is 0.356 e. The van der Waals surface area contributed by atoms with E-state index in [0.29, 0.717) is 11.3 Å². The van der Waals surface area contributed by atoms with Gasteiger partial charge in [0.05, 0.1) is 12.0 Å². The van der Waals surface area contributed by atoms with Crippen molar-refractivity contribution in [3.8, 4) is 5.75 Å². The quantitative estimate of drug-likeness (QED) is 0.506. The number of carbonyl (C=O) groups is 1. The first-order chi connectivity index (χ1) is 9.61. The number of nitro groups is 1. The Hall–Kier alpha value is -2.90. The van der Waals surface area contributed by atoms with E-state index in [-0.39, 0.29) is 18.0 Å². The molecule has 1 aromatic heterocycles. The van der Waals surface area contributed by atoms with Gasteiger partial charge in [0.1, 0.15) is 18.1 Å². The van der Waals surface area contributed by atoms with Crippen molar-refractivity contribution in [2.75, 3.05) is 7.11 Å². The number of H-pyrrole nitrogens is 1. The van der Waals surface area contributed by atoms with Gasteiger partial charge >= 0.3 is 5.97 Å². The summed E-state index contributed by atoms with van der Waals surface area (Å²) in [7, 11) is 1.43. The number of benzene rings is 1. The van der Waals surface area contributed by atoms with E-state index in [9.17, 15) is 14.9 Å². The summed E-state index contributed by atoms with van der Waals surface area (Å²) in [6, 6.07) is 5.54. The number of ether oxygens (including phenoxy) is 2. The Labute approximate surface area is 113 Å². The number of nitro benzene ring substituents is 1. The van der Waals surface area contributed by atoms with E-state index in [4.69, 9.17) is 9.47 Å². The summed E-state index contributed by atoms with van der Waals surface area (Å²) in [5.41, 5.74) is 0.516. The van der Waals surface area contributed by atoms with Crippen LogP contribution in [0.1, 0.15) is 16.1 Å². The van der Waals surface area contributed by atoms with Crippen molar-refractivity contribution in [2.45, 2.75) is 6.61 Å². The number of hydrogen-bond donors (Lipinski definition) is 1. The molecule has 0 saturated carbocycles. The lowest BCUT2D eigenvalue weighted by molar-refractivity contribution is -0.385. The van der Waals surface area contributed by atoms with Gasteiger partial charge in [0.15, 0.2) is 0 Å². The maximum absolute atomic E-state index is 11.6. The van der Waals surface area contributed by atoms with Crippen molar-refractivity contribution in [2.24, 2.45) is 0 Å². The Balaban J connectivity index is 2.13. The van der Waals surface area contributed by atoms with Gasteiger partial charge in [-0.25, -0.2) is 4.79 Å². The summed E-state index contributed by atoms with van der Waals surface area (Å²) in [5.74, 6) is -0.191. The number of aromatic nitrogens is 2. The minimum Gasteiger partial charge on any atom is -0.496 e. The molecule has 0 amide bonds. The predicted octanol–water partition coefficient (Wildman–Crippen LogP) is 1.68. The second-order valence-corrected chi connectivity index (χ2v) is 3.80. The molecule has 104 valence electrons. The van der Waals surface area contributed by atoms with Gasteiger partial charge < -0.3 is 9.47 Å². The van der Waals surface area contributed by atoms with E-state index < -0.39 is 10.9 Å². The van der Waals surface area contributed by atoms with Crippen LogP contribution in [0.2, 0.25) is 0 Å². The van der Waals surface area contributed by atoms with Crippen LogP contribution < -0.4 is 4.74 Å². The number of aromatic amines is 1. The molecule has 20 heavy (non-hydrogen) atoms. The van der Waals surface area contributed by atoms with Gasteiger partial charge in [-0.2, -0.15) is 5.10 Å². The van der Waals surface area contributed by atoms with Crippen molar-refractivity contribution in [3.05, 3.63) is 51.8 Å². The van der Waals surface area contributed by atoms with Crippen LogP contribution in [0.15, 0.2) is 30.5 Å². The largest absolute Gasteiger partial charge is 0.496 e. The Morgan fingerprint density at radius 3 is 2.85 bits per heavy atom. The average Bonchev–Trinajstić information content (AvgIpc) is 2.98. The van der Waals surface area contributed by atoms with Gasteiger partial charge in [0.25, 0.3) is 5.69 Å². The van der Waals surface area contributed by atoms with Crippen LogP contribution in [-0.2, 0) is 11.3 Å². The summed E-state index contributed by atoms with van der Waals surface area (Å²) in [6.07, 6.45) is 1.42. The van der Waals surface area contributed by atoms with Gasteiger partial charge in [0, 0.05) is 23.9 Å². The number of rotatable bonds is 5. The van der Waals surface area contributed by atoms with E-state index in [2.05, 4.69) is 10.2 Å². The molecule has 0 radical (unpaired) electrons. The van der Waals surface area contributed by atoms with Gasteiger partial charge in [-0.15, -0.1) is 0 Å². The highest BCUT2D eigenvalue weighted by atomic mass is 16.6. The minimum absolute atomic E-state index is 0.0987. The number of nitrogens with zero attached hydrogens (tertiary/aromatic N) is 2. The highest BCUT2D eigenvalue weighted by Crippen LogP contribution is 2.24. The molecule has 0 bridgehead atoms. The highest BCUT2D eigenvalue weighted by molar-refractivity contribution is 5.86. The molecule has 0 aliphatic carbocycles. The number of carbonyl (C=O) groups excluding carboxylic acids is 1. The van der Waals surface area contributed by atoms with Crippen LogP contribution >= 0.6 is 0 Å². The standard InChI is InChI=1S/C12H11N3O5/c1-19-11-3-2-9(15(17)18)6-8(11)7-20-12(16)10-4-5-13-14-10/h2-6H,7H2,1H3,(H,13,14). The van der Waals surface area contributed by atoms with Crippen LogP contribution in [0, 0.1) is 10.1 Å². The molecular weight excluding hydrogens is 266 g/mol. The molecule has 0 spiro atoms. The molecule has 2 aromatic rings. The lowest BCUT2D eigenvalue weighted by atomic mass is 10.2. The normalized spacial score (nSPS) is 10.1. The first-order valence-electron chi connectivity index (χ1n) is 5.59. The first kappa shape index (κ1) is 13.5. The minimum atomic E-state index is -0.601. The summed E-state index contributed by atoms with van der Waals surface area (Å²) < 4.78 is 10.1. The molecule has 1 heterocycles. The average molecular weight is 277 g/mol. The van der Waals surface area contributed by atoms with Crippen molar-refractivity contribution in [3.63, 3.8) is 0 Å². The first-order valence-corrected chi connectivity index (χ1v) is 5.59. The monoisotopic (exact) mass is 277 g/mol. The van der Waals surface area contributed by atoms with Crippen LogP contribution in [-0.4, -0.2) is 28.2 Å². The van der Waals surface area contributed by atoms with E-state index in [1.807, 2.05) is 0 Å². The molecule has 1 aromatic carbocycles. The molecule has 0 fully saturated rings. The lowest BCUT2D eigenvalue weighted by Crippen LogP contribution is -2.07. The second kappa shape index (κ2) is 5.83. The van der Waals surface area contributed by atoms with Crippen molar-refractivity contribution in [1.29, 1.82) is 0 Å². The van der Waals surface area contributed by atoms with Gasteiger partial charge in [0.2, 0.25) is 0 Å². The van der Waals surface area contributed by atoms with Gasteiger partial charge in [-0.3, -0.25) is 15.2 Å². The Morgan fingerprint density at radius 2 is 2.25 bits per heavy atom. The Bertz CT molecular complexity index is 624. The summed E-state index contributed by atoms with van der Waals surface area (Å²) in [5, 5.41) is 16.8. The SMILES string of the molecule is COc1ccc([N+](=O)[O-])cc1COC(=O)c1ccn[nH]1. The molecule has 0 aliphatic rings. The van der Waals surface area contributed by atoms with Crippen molar-refractivity contribution < 1.29 is 19.2 Å². The van der Waals surface area contributed by atoms with E-state index in [1.165, 1.54) is 37.6 Å². The van der Waals surface area contributed by atoms with E-state index >= 15 is 0 Å². The molecule has 2 rings (SSSR count). The third-order valence-electron chi connectivity index (χ3n) is 2.55. The molecule has 0 aliphatic heterocycles. The predicted molar refractivity (Wildman–Crippen MR) is 67.4 cm³/mol. The van der Waals surface area contributed by atoms with Gasteiger partial charge in [-0.05, 0) is 12.1 Å². The molecular formula is C12H11N3O5. The number of esters is 1. The topological polar surface area (TPSA) is 107 Å².